The van der Waals surface area contributed by atoms with Gasteiger partial charge in [0.15, 0.2) is 0 Å². The molecule has 1 aromatic carbocycles. The van der Waals surface area contributed by atoms with Crippen molar-refractivity contribution in [2.24, 2.45) is 0 Å². The highest BCUT2D eigenvalue weighted by molar-refractivity contribution is 5.95. The maximum atomic E-state index is 12.7. The van der Waals surface area contributed by atoms with E-state index in [0.717, 1.165) is 12.0 Å². The third-order valence-electron chi connectivity index (χ3n) is 4.13. The Morgan fingerprint density at radius 3 is 2.69 bits per heavy atom. The van der Waals surface area contributed by atoms with Crippen molar-refractivity contribution < 1.29 is 4.79 Å². The van der Waals surface area contributed by atoms with Crippen LogP contribution in [0.15, 0.2) is 66.0 Å². The molecule has 0 aliphatic heterocycles. The van der Waals surface area contributed by atoms with E-state index in [-0.39, 0.29) is 17.7 Å². The number of aryl methyl sites for hydroxylation is 3. The molecule has 0 spiro atoms. The van der Waals surface area contributed by atoms with Crippen LogP contribution in [0.25, 0.3) is 0 Å². The van der Waals surface area contributed by atoms with Crippen molar-refractivity contribution >= 4 is 5.91 Å². The topological polar surface area (TPSA) is 76.9 Å². The molecule has 0 saturated carbocycles. The van der Waals surface area contributed by atoms with Gasteiger partial charge in [-0.15, -0.1) is 0 Å². The second-order valence-electron chi connectivity index (χ2n) is 5.99. The molecule has 3 rings (SSSR count). The molecule has 1 amide bonds. The SMILES string of the molecule is Cc1ccn(CCc2ccccc2)c(=O)c1C(=O)NCc1cnccn1. The number of benzene rings is 1. The fraction of sp³-hybridized carbons (Fsp3) is 0.200. The Kier molecular flexibility index (Phi) is 5.53. The van der Waals surface area contributed by atoms with Gasteiger partial charge in [0.1, 0.15) is 5.56 Å². The second kappa shape index (κ2) is 8.20. The van der Waals surface area contributed by atoms with Crippen LogP contribution in [-0.4, -0.2) is 20.4 Å². The Morgan fingerprint density at radius 2 is 1.96 bits per heavy atom. The molecule has 0 aliphatic rings. The summed E-state index contributed by atoms with van der Waals surface area (Å²) < 4.78 is 1.58. The number of pyridine rings is 1. The summed E-state index contributed by atoms with van der Waals surface area (Å²) in [5.74, 6) is -0.396. The molecule has 6 nitrogen and oxygen atoms in total. The number of carbonyl (C=O) groups excluding carboxylic acids is 1. The minimum absolute atomic E-state index is 0.171. The minimum atomic E-state index is -0.396. The van der Waals surface area contributed by atoms with E-state index in [1.54, 1.807) is 42.3 Å². The number of rotatable bonds is 6. The average Bonchev–Trinajstić information content (AvgIpc) is 2.67. The molecule has 2 heterocycles. The number of nitrogens with one attached hydrogen (secondary N) is 1. The van der Waals surface area contributed by atoms with Crippen molar-refractivity contribution in [2.45, 2.75) is 26.4 Å². The first-order valence-electron chi connectivity index (χ1n) is 8.42. The van der Waals surface area contributed by atoms with Crippen molar-refractivity contribution in [3.8, 4) is 0 Å². The van der Waals surface area contributed by atoms with Gasteiger partial charge in [-0.1, -0.05) is 30.3 Å². The standard InChI is InChI=1S/C20H20N4O2/c1-15-7-11-24(12-8-16-5-3-2-4-6-16)20(26)18(15)19(25)23-14-17-13-21-9-10-22-17/h2-7,9-11,13H,8,12,14H2,1H3,(H,23,25). The molecule has 132 valence electrons. The Labute approximate surface area is 151 Å². The maximum Gasteiger partial charge on any atom is 0.263 e. The molecule has 1 N–H and O–H groups in total. The summed E-state index contributed by atoms with van der Waals surface area (Å²) in [5, 5.41) is 2.74. The number of aromatic nitrogens is 3. The van der Waals surface area contributed by atoms with Crippen molar-refractivity contribution in [1.82, 2.24) is 19.9 Å². The lowest BCUT2D eigenvalue weighted by Gasteiger charge is -2.11. The van der Waals surface area contributed by atoms with Gasteiger partial charge in [0.2, 0.25) is 0 Å². The lowest BCUT2D eigenvalue weighted by molar-refractivity contribution is 0.0947. The van der Waals surface area contributed by atoms with Crippen molar-refractivity contribution in [1.29, 1.82) is 0 Å². The highest BCUT2D eigenvalue weighted by Crippen LogP contribution is 2.05. The highest BCUT2D eigenvalue weighted by Gasteiger charge is 2.15. The van der Waals surface area contributed by atoms with Crippen LogP contribution >= 0.6 is 0 Å². The van der Waals surface area contributed by atoms with Gasteiger partial charge in [0.05, 0.1) is 18.4 Å². The van der Waals surface area contributed by atoms with Gasteiger partial charge in [0.25, 0.3) is 11.5 Å². The minimum Gasteiger partial charge on any atom is -0.346 e. The zero-order valence-electron chi connectivity index (χ0n) is 14.6. The Morgan fingerprint density at radius 1 is 1.15 bits per heavy atom. The van der Waals surface area contributed by atoms with Crippen LogP contribution in [-0.2, 0) is 19.5 Å². The van der Waals surface area contributed by atoms with Crippen LogP contribution in [0.2, 0.25) is 0 Å². The van der Waals surface area contributed by atoms with Gasteiger partial charge < -0.3 is 9.88 Å². The number of hydrogen-bond acceptors (Lipinski definition) is 4. The normalized spacial score (nSPS) is 10.5. The molecule has 6 heteroatoms. The Hall–Kier alpha value is -3.28. The van der Waals surface area contributed by atoms with Gasteiger partial charge in [0, 0.05) is 25.1 Å². The van der Waals surface area contributed by atoms with E-state index in [0.29, 0.717) is 17.8 Å². The molecular formula is C20H20N4O2. The molecule has 0 atom stereocenters. The maximum absolute atomic E-state index is 12.7. The summed E-state index contributed by atoms with van der Waals surface area (Å²) in [6.07, 6.45) is 7.17. The largest absolute Gasteiger partial charge is 0.346 e. The van der Waals surface area contributed by atoms with E-state index in [4.69, 9.17) is 0 Å². The third-order valence-corrected chi connectivity index (χ3v) is 4.13. The van der Waals surface area contributed by atoms with Crippen LogP contribution in [0.5, 0.6) is 0 Å². The monoisotopic (exact) mass is 348 g/mol. The van der Waals surface area contributed by atoms with Crippen molar-refractivity contribution in [2.75, 3.05) is 0 Å². The molecular weight excluding hydrogens is 328 g/mol. The summed E-state index contributed by atoms with van der Waals surface area (Å²) in [6, 6.07) is 11.7. The number of hydrogen-bond donors (Lipinski definition) is 1. The smallest absolute Gasteiger partial charge is 0.263 e. The Bertz CT molecular complexity index is 937. The number of carbonyl (C=O) groups is 1. The summed E-state index contributed by atoms with van der Waals surface area (Å²) in [4.78, 5) is 33.3. The fourth-order valence-electron chi connectivity index (χ4n) is 2.69. The second-order valence-corrected chi connectivity index (χ2v) is 5.99. The van der Waals surface area contributed by atoms with E-state index in [2.05, 4.69) is 15.3 Å². The predicted octanol–water partition coefficient (Wildman–Crippen LogP) is 2.12. The van der Waals surface area contributed by atoms with Crippen molar-refractivity contribution in [3.63, 3.8) is 0 Å². The van der Waals surface area contributed by atoms with E-state index in [1.807, 2.05) is 30.3 Å². The molecule has 0 fully saturated rings. The highest BCUT2D eigenvalue weighted by atomic mass is 16.2. The lowest BCUT2D eigenvalue weighted by Crippen LogP contribution is -2.34. The average molecular weight is 348 g/mol. The van der Waals surface area contributed by atoms with E-state index in [9.17, 15) is 9.59 Å². The quantitative estimate of drug-likeness (QED) is 0.740. The van der Waals surface area contributed by atoms with E-state index < -0.39 is 5.91 Å². The van der Waals surface area contributed by atoms with Crippen LogP contribution in [0.4, 0.5) is 0 Å². The summed E-state index contributed by atoms with van der Waals surface area (Å²) in [7, 11) is 0. The van der Waals surface area contributed by atoms with Crippen LogP contribution < -0.4 is 10.9 Å². The molecule has 3 aromatic rings. The molecule has 0 aliphatic carbocycles. The van der Waals surface area contributed by atoms with Gasteiger partial charge in [-0.25, -0.2) is 0 Å². The van der Waals surface area contributed by atoms with Crippen LogP contribution in [0.1, 0.15) is 27.2 Å². The summed E-state index contributed by atoms with van der Waals surface area (Å²) >= 11 is 0. The lowest BCUT2D eigenvalue weighted by atomic mass is 10.1. The zero-order chi connectivity index (χ0) is 18.4. The van der Waals surface area contributed by atoms with Gasteiger partial charge in [-0.3, -0.25) is 19.6 Å². The number of nitrogens with zero attached hydrogens (tertiary/aromatic N) is 3. The zero-order valence-corrected chi connectivity index (χ0v) is 14.6. The molecule has 0 bridgehead atoms. The summed E-state index contributed by atoms with van der Waals surface area (Å²) in [5.41, 5.74) is 2.33. The predicted molar refractivity (Wildman–Crippen MR) is 98.8 cm³/mol. The third kappa shape index (κ3) is 4.22. The fourth-order valence-corrected chi connectivity index (χ4v) is 2.69. The first-order valence-corrected chi connectivity index (χ1v) is 8.42. The Balaban J connectivity index is 1.74. The van der Waals surface area contributed by atoms with Crippen molar-refractivity contribution in [3.05, 3.63) is 93.9 Å². The molecule has 2 aromatic heterocycles. The number of amides is 1. The molecule has 0 radical (unpaired) electrons. The van der Waals surface area contributed by atoms with Gasteiger partial charge >= 0.3 is 0 Å². The van der Waals surface area contributed by atoms with Gasteiger partial charge in [-0.05, 0) is 30.5 Å². The van der Waals surface area contributed by atoms with Gasteiger partial charge in [-0.2, -0.15) is 0 Å². The summed E-state index contributed by atoms with van der Waals surface area (Å²) in [6.45, 7) is 2.51. The molecule has 0 saturated heterocycles. The van der Waals surface area contributed by atoms with Crippen LogP contribution in [0.3, 0.4) is 0 Å². The van der Waals surface area contributed by atoms with E-state index in [1.165, 1.54) is 0 Å². The molecule has 26 heavy (non-hydrogen) atoms. The molecule has 0 unspecified atom stereocenters. The van der Waals surface area contributed by atoms with Crippen LogP contribution in [0, 0.1) is 6.92 Å². The first-order chi connectivity index (χ1) is 12.6. The van der Waals surface area contributed by atoms with E-state index >= 15 is 0 Å². The first kappa shape index (κ1) is 17.5.